The SMILES string of the molecule is CCN1C[N]C(=O)c2nn(Cl)c(C(C)(C)C)c21. The molecule has 2 heterocycles. The molecule has 1 amide bonds. The Bertz CT molecular complexity index is 461. The highest BCUT2D eigenvalue weighted by atomic mass is 35.5. The minimum atomic E-state index is -0.283. The van der Waals surface area contributed by atoms with Crippen molar-refractivity contribution in [1.82, 2.24) is 14.6 Å². The molecule has 0 bridgehead atoms. The van der Waals surface area contributed by atoms with Crippen molar-refractivity contribution in [3.8, 4) is 0 Å². The van der Waals surface area contributed by atoms with Crippen LogP contribution in [0.5, 0.6) is 0 Å². The summed E-state index contributed by atoms with van der Waals surface area (Å²) in [5.41, 5.74) is 1.88. The smallest absolute Gasteiger partial charge is 0.296 e. The standard InChI is InChI=1S/C11H16ClN4O/c1-5-15-6-13-10(17)7-8(15)9(11(2,3)4)16(12)14-7/h5-6H2,1-4H3. The van der Waals surface area contributed by atoms with Gasteiger partial charge in [-0.2, -0.15) is 4.20 Å². The Hall–Kier alpha value is -1.23. The van der Waals surface area contributed by atoms with E-state index in [-0.39, 0.29) is 11.3 Å². The number of halogens is 1. The Labute approximate surface area is 106 Å². The summed E-state index contributed by atoms with van der Waals surface area (Å²) < 4.78 is 1.28. The number of nitrogens with zero attached hydrogens (tertiary/aromatic N) is 4. The molecule has 0 aromatic carbocycles. The normalized spacial score (nSPS) is 15.8. The molecule has 6 heteroatoms. The first-order chi connectivity index (χ1) is 7.86. The van der Waals surface area contributed by atoms with Crippen LogP contribution >= 0.6 is 11.8 Å². The number of aromatic nitrogens is 2. The van der Waals surface area contributed by atoms with E-state index in [1.54, 1.807) is 0 Å². The van der Waals surface area contributed by atoms with Crippen molar-refractivity contribution in [3.05, 3.63) is 11.4 Å². The summed E-state index contributed by atoms with van der Waals surface area (Å²) in [5.74, 6) is -0.283. The molecule has 0 unspecified atom stereocenters. The topological polar surface area (TPSA) is 52.2 Å². The molecular formula is C11H16ClN4O. The highest BCUT2D eigenvalue weighted by molar-refractivity contribution is 6.16. The zero-order valence-electron chi connectivity index (χ0n) is 10.5. The second-order valence-electron chi connectivity index (χ2n) is 5.12. The first-order valence-corrected chi connectivity index (χ1v) is 5.96. The van der Waals surface area contributed by atoms with Crippen LogP contribution in [0.15, 0.2) is 0 Å². The van der Waals surface area contributed by atoms with E-state index in [0.29, 0.717) is 12.4 Å². The third kappa shape index (κ3) is 1.88. The van der Waals surface area contributed by atoms with Gasteiger partial charge in [0.25, 0.3) is 5.91 Å². The van der Waals surface area contributed by atoms with Crippen molar-refractivity contribution in [3.63, 3.8) is 0 Å². The zero-order chi connectivity index (χ0) is 12.8. The summed E-state index contributed by atoms with van der Waals surface area (Å²) in [6.45, 7) is 9.32. The molecule has 1 aliphatic heterocycles. The van der Waals surface area contributed by atoms with E-state index >= 15 is 0 Å². The van der Waals surface area contributed by atoms with Gasteiger partial charge in [0.2, 0.25) is 0 Å². The van der Waals surface area contributed by atoms with Crippen LogP contribution in [-0.2, 0) is 5.41 Å². The minimum absolute atomic E-state index is 0.173. The molecule has 1 aliphatic rings. The molecule has 0 spiro atoms. The van der Waals surface area contributed by atoms with Crippen LogP contribution in [0.2, 0.25) is 0 Å². The predicted octanol–water partition coefficient (Wildman–Crippen LogP) is 1.72. The Kier molecular flexibility index (Phi) is 2.81. The molecule has 93 valence electrons. The van der Waals surface area contributed by atoms with Gasteiger partial charge in [-0.25, -0.2) is 5.32 Å². The lowest BCUT2D eigenvalue weighted by Gasteiger charge is -2.29. The highest BCUT2D eigenvalue weighted by Gasteiger charge is 2.35. The molecule has 17 heavy (non-hydrogen) atoms. The van der Waals surface area contributed by atoms with E-state index in [0.717, 1.165) is 17.9 Å². The number of carbonyl (C=O) groups excluding carboxylic acids is 1. The van der Waals surface area contributed by atoms with Gasteiger partial charge in [0.1, 0.15) is 6.67 Å². The van der Waals surface area contributed by atoms with Crippen LogP contribution in [0.1, 0.15) is 43.9 Å². The molecule has 0 aliphatic carbocycles. The monoisotopic (exact) mass is 255 g/mol. The lowest BCUT2D eigenvalue weighted by atomic mass is 9.90. The average Bonchev–Trinajstić information content (AvgIpc) is 2.56. The van der Waals surface area contributed by atoms with Crippen LogP contribution in [0, 0.1) is 0 Å². The molecular weight excluding hydrogens is 240 g/mol. The van der Waals surface area contributed by atoms with Gasteiger partial charge in [-0.3, -0.25) is 4.79 Å². The number of hydrogen-bond donors (Lipinski definition) is 0. The maximum absolute atomic E-state index is 11.7. The van der Waals surface area contributed by atoms with Gasteiger partial charge in [0.15, 0.2) is 5.69 Å². The van der Waals surface area contributed by atoms with Gasteiger partial charge in [-0.1, -0.05) is 20.8 Å². The van der Waals surface area contributed by atoms with Gasteiger partial charge in [-0.15, -0.1) is 5.10 Å². The Balaban J connectivity index is 2.66. The Morgan fingerprint density at radius 2 is 2.06 bits per heavy atom. The number of carbonyl (C=O) groups is 1. The lowest BCUT2D eigenvalue weighted by molar-refractivity contribution is 0.0938. The van der Waals surface area contributed by atoms with E-state index in [1.165, 1.54) is 4.20 Å². The lowest BCUT2D eigenvalue weighted by Crippen LogP contribution is -2.40. The molecule has 0 atom stereocenters. The maximum Gasteiger partial charge on any atom is 0.296 e. The summed E-state index contributed by atoms with van der Waals surface area (Å²) in [4.78, 5) is 13.7. The first kappa shape index (κ1) is 12.2. The van der Waals surface area contributed by atoms with Crippen molar-refractivity contribution >= 4 is 23.4 Å². The summed E-state index contributed by atoms with van der Waals surface area (Å²) in [5, 5.41) is 8.01. The Morgan fingerprint density at radius 3 is 2.59 bits per heavy atom. The number of fused-ring (bicyclic) bond motifs is 1. The molecule has 1 aromatic rings. The largest absolute Gasteiger partial charge is 0.349 e. The second-order valence-corrected chi connectivity index (χ2v) is 5.44. The number of anilines is 1. The van der Waals surface area contributed by atoms with E-state index < -0.39 is 0 Å². The van der Waals surface area contributed by atoms with E-state index in [4.69, 9.17) is 11.8 Å². The van der Waals surface area contributed by atoms with E-state index in [1.807, 2.05) is 32.6 Å². The zero-order valence-corrected chi connectivity index (χ0v) is 11.2. The van der Waals surface area contributed by atoms with Gasteiger partial charge in [0, 0.05) is 23.7 Å². The molecule has 2 rings (SSSR count). The predicted molar refractivity (Wildman–Crippen MR) is 66.5 cm³/mol. The Morgan fingerprint density at radius 1 is 1.41 bits per heavy atom. The number of rotatable bonds is 1. The van der Waals surface area contributed by atoms with Crippen LogP contribution in [0.25, 0.3) is 0 Å². The quantitative estimate of drug-likeness (QED) is 0.768. The summed E-state index contributed by atoms with van der Waals surface area (Å²) in [6.07, 6.45) is 0. The maximum atomic E-state index is 11.7. The second kappa shape index (κ2) is 3.91. The fourth-order valence-electron chi connectivity index (χ4n) is 2.01. The fraction of sp³-hybridized carbons (Fsp3) is 0.636. The van der Waals surface area contributed by atoms with Gasteiger partial charge >= 0.3 is 0 Å². The number of hydrogen-bond acceptors (Lipinski definition) is 3. The minimum Gasteiger partial charge on any atom is -0.349 e. The molecule has 1 aromatic heterocycles. The average molecular weight is 256 g/mol. The number of amides is 1. The fourth-order valence-corrected chi connectivity index (χ4v) is 2.42. The van der Waals surface area contributed by atoms with Crippen LogP contribution in [0.4, 0.5) is 5.69 Å². The van der Waals surface area contributed by atoms with Crippen molar-refractivity contribution in [2.24, 2.45) is 0 Å². The van der Waals surface area contributed by atoms with Crippen LogP contribution in [-0.4, -0.2) is 28.4 Å². The van der Waals surface area contributed by atoms with Crippen molar-refractivity contribution in [2.75, 3.05) is 18.1 Å². The molecule has 1 radical (unpaired) electrons. The summed E-state index contributed by atoms with van der Waals surface area (Å²) >= 11 is 6.09. The molecule has 0 N–H and O–H groups in total. The third-order valence-electron chi connectivity index (χ3n) is 2.82. The van der Waals surface area contributed by atoms with Gasteiger partial charge in [-0.05, 0) is 6.92 Å². The highest BCUT2D eigenvalue weighted by Crippen LogP contribution is 2.36. The third-order valence-corrected chi connectivity index (χ3v) is 3.06. The van der Waals surface area contributed by atoms with Crippen molar-refractivity contribution < 1.29 is 4.79 Å². The van der Waals surface area contributed by atoms with Crippen molar-refractivity contribution in [2.45, 2.75) is 33.1 Å². The van der Waals surface area contributed by atoms with E-state index in [2.05, 4.69) is 10.4 Å². The summed E-state index contributed by atoms with van der Waals surface area (Å²) in [7, 11) is 0. The van der Waals surface area contributed by atoms with Gasteiger partial charge in [0.05, 0.1) is 11.4 Å². The van der Waals surface area contributed by atoms with E-state index in [9.17, 15) is 4.79 Å². The first-order valence-electron chi connectivity index (χ1n) is 5.62. The molecule has 5 nitrogen and oxygen atoms in total. The molecule has 0 fully saturated rings. The van der Waals surface area contributed by atoms with Crippen LogP contribution < -0.4 is 10.2 Å². The molecule has 0 saturated heterocycles. The van der Waals surface area contributed by atoms with Gasteiger partial charge < -0.3 is 4.90 Å². The van der Waals surface area contributed by atoms with Crippen LogP contribution in [0.3, 0.4) is 0 Å². The molecule has 0 saturated carbocycles. The van der Waals surface area contributed by atoms with Crippen molar-refractivity contribution in [1.29, 1.82) is 0 Å². The summed E-state index contributed by atoms with van der Waals surface area (Å²) in [6, 6.07) is 0.